The molecule has 0 atom stereocenters. The number of nitrogens with zero attached hydrogens (tertiary/aromatic N) is 4. The van der Waals surface area contributed by atoms with Crippen LogP contribution in [0.2, 0.25) is 0 Å². The van der Waals surface area contributed by atoms with E-state index in [1.54, 1.807) is 32.9 Å². The number of fused-ring (bicyclic) bond motifs is 1. The second kappa shape index (κ2) is 10.1. The topological polar surface area (TPSA) is 97.2 Å². The predicted octanol–water partition coefficient (Wildman–Crippen LogP) is 4.26. The molecule has 0 radical (unpaired) electrons. The number of aryl methyl sites for hydroxylation is 2. The summed E-state index contributed by atoms with van der Waals surface area (Å²) in [6.07, 6.45) is 4.33. The first kappa shape index (κ1) is 24.1. The van der Waals surface area contributed by atoms with Crippen LogP contribution in [0.3, 0.4) is 0 Å². The Morgan fingerprint density at radius 3 is 2.62 bits per heavy atom. The average molecular weight is 482 g/mol. The summed E-state index contributed by atoms with van der Waals surface area (Å²) in [4.78, 5) is 13.3. The molecular weight excluding hydrogens is 450 g/mol. The Morgan fingerprint density at radius 1 is 1.06 bits per heavy atom. The fourth-order valence-electron chi connectivity index (χ4n) is 4.35. The number of sulfonamides is 1. The van der Waals surface area contributed by atoms with E-state index in [1.807, 2.05) is 24.3 Å². The lowest BCUT2D eigenvalue weighted by Gasteiger charge is -2.19. The fourth-order valence-corrected chi connectivity index (χ4v) is 5.84. The lowest BCUT2D eigenvalue weighted by Crippen LogP contribution is -2.30. The highest BCUT2D eigenvalue weighted by Gasteiger charge is 2.24. The summed E-state index contributed by atoms with van der Waals surface area (Å²) in [6.45, 7) is 7.01. The third-order valence-corrected chi connectivity index (χ3v) is 8.33. The van der Waals surface area contributed by atoms with Crippen LogP contribution in [-0.4, -0.2) is 46.5 Å². The minimum atomic E-state index is -3.66. The van der Waals surface area contributed by atoms with Gasteiger partial charge in [0.25, 0.3) is 5.91 Å². The van der Waals surface area contributed by atoms with E-state index in [2.05, 4.69) is 20.1 Å². The minimum absolute atomic E-state index is 0.117. The summed E-state index contributed by atoms with van der Waals surface area (Å²) in [5, 5.41) is 11.7. The van der Waals surface area contributed by atoms with E-state index in [1.165, 1.54) is 16.8 Å². The number of carbonyl (C=O) groups is 1. The maximum atomic E-state index is 13.1. The Hall–Kier alpha value is -3.04. The van der Waals surface area contributed by atoms with Gasteiger partial charge >= 0.3 is 0 Å². The lowest BCUT2D eigenvalue weighted by molar-refractivity contribution is 0.102. The molecule has 1 aliphatic heterocycles. The van der Waals surface area contributed by atoms with Gasteiger partial charge in [-0.1, -0.05) is 38.5 Å². The van der Waals surface area contributed by atoms with E-state index in [4.69, 9.17) is 0 Å². The molecule has 1 aromatic heterocycles. The molecule has 0 saturated heterocycles. The number of hydrogen-bond donors (Lipinski definition) is 1. The summed E-state index contributed by atoms with van der Waals surface area (Å²) < 4.78 is 29.4. The molecule has 1 N–H and O–H groups in total. The van der Waals surface area contributed by atoms with E-state index in [0.717, 1.165) is 43.0 Å². The zero-order valence-electron chi connectivity index (χ0n) is 19.9. The molecule has 1 aliphatic rings. The number of aromatic nitrogens is 3. The van der Waals surface area contributed by atoms with Crippen LogP contribution < -0.4 is 5.32 Å². The maximum Gasteiger partial charge on any atom is 0.255 e. The highest BCUT2D eigenvalue weighted by molar-refractivity contribution is 7.89. The second-order valence-electron chi connectivity index (χ2n) is 8.50. The summed E-state index contributed by atoms with van der Waals surface area (Å²) in [7, 11) is -3.66. The van der Waals surface area contributed by atoms with Gasteiger partial charge in [0.05, 0.1) is 4.90 Å². The molecule has 0 bridgehead atoms. The highest BCUT2D eigenvalue weighted by atomic mass is 32.2. The van der Waals surface area contributed by atoms with E-state index >= 15 is 0 Å². The van der Waals surface area contributed by atoms with Crippen molar-refractivity contribution in [2.45, 2.75) is 57.9 Å². The lowest BCUT2D eigenvalue weighted by atomic mass is 10.1. The third-order valence-electron chi connectivity index (χ3n) is 6.28. The van der Waals surface area contributed by atoms with Crippen LogP contribution in [-0.2, 0) is 23.0 Å². The van der Waals surface area contributed by atoms with E-state index in [-0.39, 0.29) is 10.8 Å². The first-order chi connectivity index (χ1) is 16.3. The highest BCUT2D eigenvalue weighted by Crippen LogP contribution is 2.26. The molecule has 2 heterocycles. The molecule has 0 unspecified atom stereocenters. The van der Waals surface area contributed by atoms with E-state index < -0.39 is 10.0 Å². The van der Waals surface area contributed by atoms with Gasteiger partial charge in [-0.3, -0.25) is 4.79 Å². The van der Waals surface area contributed by atoms with Gasteiger partial charge in [-0.2, -0.15) is 4.31 Å². The van der Waals surface area contributed by atoms with Crippen molar-refractivity contribution in [3.8, 4) is 11.4 Å². The van der Waals surface area contributed by atoms with Crippen molar-refractivity contribution in [2.24, 2.45) is 0 Å². The number of carbonyl (C=O) groups excluding carboxylic acids is 1. The molecule has 0 saturated carbocycles. The van der Waals surface area contributed by atoms with Crippen molar-refractivity contribution in [3.05, 3.63) is 59.4 Å². The molecule has 1 amide bonds. The average Bonchev–Trinajstić information content (AvgIpc) is 3.08. The molecule has 34 heavy (non-hydrogen) atoms. The summed E-state index contributed by atoms with van der Waals surface area (Å²) in [5.74, 6) is 1.45. The standard InChI is InChI=1S/C25H31N5O3S/c1-4-29(5-2)34(32,33)21-14-13-18(3)22(17-21)25(31)26-20-11-9-10-19(16-20)24-28-27-23-12-7-6-8-15-30(23)24/h9-11,13-14,16-17H,4-8,12,15H2,1-3H3,(H,26,31). The number of benzene rings is 2. The Bertz CT molecular complexity index is 1300. The molecule has 0 fully saturated rings. The molecule has 2 aromatic carbocycles. The van der Waals surface area contributed by atoms with Gasteiger partial charge in [0.1, 0.15) is 5.82 Å². The minimum Gasteiger partial charge on any atom is -0.322 e. The normalized spacial score (nSPS) is 14.0. The molecule has 3 aromatic rings. The van der Waals surface area contributed by atoms with Crippen LogP contribution in [0.4, 0.5) is 5.69 Å². The Balaban J connectivity index is 1.60. The van der Waals surface area contributed by atoms with Gasteiger partial charge < -0.3 is 9.88 Å². The SMILES string of the molecule is CCN(CC)S(=O)(=O)c1ccc(C)c(C(=O)Nc2cccc(-c3nnc4n3CCCCC4)c2)c1. The number of anilines is 1. The third kappa shape index (κ3) is 4.76. The Kier molecular flexibility index (Phi) is 7.13. The number of rotatable bonds is 7. The van der Waals surface area contributed by atoms with Gasteiger partial charge in [-0.15, -0.1) is 10.2 Å². The first-order valence-corrected chi connectivity index (χ1v) is 13.2. The van der Waals surface area contributed by atoms with Crippen LogP contribution in [0.15, 0.2) is 47.4 Å². The van der Waals surface area contributed by atoms with Gasteiger partial charge in [0.15, 0.2) is 5.82 Å². The van der Waals surface area contributed by atoms with E-state index in [9.17, 15) is 13.2 Å². The number of amides is 1. The Morgan fingerprint density at radius 2 is 1.85 bits per heavy atom. The largest absolute Gasteiger partial charge is 0.322 e. The zero-order chi connectivity index (χ0) is 24.3. The summed E-state index contributed by atoms with van der Waals surface area (Å²) >= 11 is 0. The fraction of sp³-hybridized carbons (Fsp3) is 0.400. The van der Waals surface area contributed by atoms with Crippen LogP contribution in [0.1, 0.15) is 54.9 Å². The number of hydrogen-bond acceptors (Lipinski definition) is 5. The van der Waals surface area contributed by atoms with Crippen LogP contribution in [0.5, 0.6) is 0 Å². The monoisotopic (exact) mass is 481 g/mol. The predicted molar refractivity (Wildman–Crippen MR) is 132 cm³/mol. The van der Waals surface area contributed by atoms with Crippen molar-refractivity contribution in [3.63, 3.8) is 0 Å². The zero-order valence-corrected chi connectivity index (χ0v) is 20.7. The second-order valence-corrected chi connectivity index (χ2v) is 10.4. The molecule has 9 heteroatoms. The van der Waals surface area contributed by atoms with Crippen molar-refractivity contribution in [2.75, 3.05) is 18.4 Å². The van der Waals surface area contributed by atoms with Gasteiger partial charge in [-0.05, 0) is 49.6 Å². The van der Waals surface area contributed by atoms with Gasteiger partial charge in [0.2, 0.25) is 10.0 Å². The van der Waals surface area contributed by atoms with E-state index in [0.29, 0.717) is 29.9 Å². The smallest absolute Gasteiger partial charge is 0.255 e. The number of nitrogens with one attached hydrogen (secondary N) is 1. The van der Waals surface area contributed by atoms with Crippen LogP contribution in [0.25, 0.3) is 11.4 Å². The quantitative estimate of drug-likeness (QED) is 0.544. The van der Waals surface area contributed by atoms with Crippen LogP contribution >= 0.6 is 0 Å². The molecule has 8 nitrogen and oxygen atoms in total. The van der Waals surface area contributed by atoms with Crippen molar-refractivity contribution < 1.29 is 13.2 Å². The van der Waals surface area contributed by atoms with Crippen molar-refractivity contribution >= 4 is 21.6 Å². The first-order valence-electron chi connectivity index (χ1n) is 11.8. The molecule has 4 rings (SSSR count). The molecule has 0 aliphatic carbocycles. The van der Waals surface area contributed by atoms with Crippen molar-refractivity contribution in [1.82, 2.24) is 19.1 Å². The molecule has 0 spiro atoms. The molecular formula is C25H31N5O3S. The maximum absolute atomic E-state index is 13.1. The van der Waals surface area contributed by atoms with Crippen LogP contribution in [0, 0.1) is 6.92 Å². The summed E-state index contributed by atoms with van der Waals surface area (Å²) in [5.41, 5.74) is 2.53. The molecule has 180 valence electrons. The van der Waals surface area contributed by atoms with Gasteiger partial charge in [-0.25, -0.2) is 8.42 Å². The summed E-state index contributed by atoms with van der Waals surface area (Å²) in [6, 6.07) is 12.2. The van der Waals surface area contributed by atoms with Gasteiger partial charge in [0, 0.05) is 42.9 Å². The van der Waals surface area contributed by atoms with Crippen molar-refractivity contribution in [1.29, 1.82) is 0 Å². The Labute approximate surface area is 201 Å².